The van der Waals surface area contributed by atoms with Gasteiger partial charge in [0.2, 0.25) is 0 Å². The van der Waals surface area contributed by atoms with E-state index in [4.69, 9.17) is 10.5 Å². The van der Waals surface area contributed by atoms with Crippen LogP contribution in [0.5, 0.6) is 0 Å². The number of nitrogens with two attached hydrogens (primary N) is 1. The monoisotopic (exact) mass is 173 g/mol. The average Bonchev–Trinajstić information content (AvgIpc) is 2.04. The van der Waals surface area contributed by atoms with Crippen molar-refractivity contribution in [1.82, 2.24) is 0 Å². The fourth-order valence-corrected chi connectivity index (χ4v) is 1.00. The van der Waals surface area contributed by atoms with E-state index in [1.807, 2.05) is 20.8 Å². The summed E-state index contributed by atoms with van der Waals surface area (Å²) in [6.07, 6.45) is 1.62. The van der Waals surface area contributed by atoms with E-state index >= 15 is 0 Å². The van der Waals surface area contributed by atoms with Crippen LogP contribution in [0.25, 0.3) is 0 Å². The third-order valence-corrected chi connectivity index (χ3v) is 1.87. The van der Waals surface area contributed by atoms with Gasteiger partial charge in [0, 0.05) is 6.04 Å². The number of rotatable bonds is 5. The Morgan fingerprint density at radius 1 is 1.50 bits per heavy atom. The van der Waals surface area contributed by atoms with Gasteiger partial charge in [0.1, 0.15) is 0 Å². The van der Waals surface area contributed by atoms with Crippen molar-refractivity contribution in [1.29, 1.82) is 0 Å². The summed E-state index contributed by atoms with van der Waals surface area (Å²) in [5.41, 5.74) is 5.70. The molecule has 0 saturated heterocycles. The van der Waals surface area contributed by atoms with Crippen LogP contribution in [0, 0.1) is 5.92 Å². The standard InChI is InChI=1S/C9H19NO2/c1-4-8(10)6-7(3)9(11)12-5-2/h7-8H,4-6,10H2,1-3H3/t7-,8-/m1/s1. The Bertz CT molecular complexity index is 136. The molecule has 2 atom stereocenters. The molecule has 3 nitrogen and oxygen atoms in total. The first-order valence-corrected chi connectivity index (χ1v) is 4.54. The molecule has 0 radical (unpaired) electrons. The third-order valence-electron chi connectivity index (χ3n) is 1.87. The van der Waals surface area contributed by atoms with Gasteiger partial charge >= 0.3 is 5.97 Å². The molecule has 0 bridgehead atoms. The highest BCUT2D eigenvalue weighted by Crippen LogP contribution is 2.08. The van der Waals surface area contributed by atoms with Crippen molar-refractivity contribution in [2.75, 3.05) is 6.61 Å². The molecule has 0 rings (SSSR count). The summed E-state index contributed by atoms with van der Waals surface area (Å²) >= 11 is 0. The van der Waals surface area contributed by atoms with Crippen LogP contribution >= 0.6 is 0 Å². The van der Waals surface area contributed by atoms with Crippen LogP contribution in [-0.2, 0) is 9.53 Å². The zero-order valence-electron chi connectivity index (χ0n) is 8.17. The molecule has 0 saturated carbocycles. The lowest BCUT2D eigenvalue weighted by molar-refractivity contribution is -0.147. The molecular weight excluding hydrogens is 154 g/mol. The first-order chi connectivity index (χ1) is 5.61. The van der Waals surface area contributed by atoms with E-state index in [1.165, 1.54) is 0 Å². The topological polar surface area (TPSA) is 52.3 Å². The lowest BCUT2D eigenvalue weighted by Crippen LogP contribution is -2.26. The molecule has 0 spiro atoms. The Morgan fingerprint density at radius 2 is 2.08 bits per heavy atom. The SMILES string of the molecule is CCOC(=O)[C@H](C)C[C@H](N)CC. The summed E-state index contributed by atoms with van der Waals surface area (Å²) < 4.78 is 4.85. The predicted octanol–water partition coefficient (Wildman–Crippen LogP) is 1.31. The summed E-state index contributed by atoms with van der Waals surface area (Å²) in [5, 5.41) is 0. The van der Waals surface area contributed by atoms with Crippen LogP contribution in [0.4, 0.5) is 0 Å². The maximum atomic E-state index is 11.1. The zero-order valence-corrected chi connectivity index (χ0v) is 8.17. The quantitative estimate of drug-likeness (QED) is 0.638. The van der Waals surface area contributed by atoms with E-state index in [0.29, 0.717) is 6.61 Å². The third kappa shape index (κ3) is 4.34. The Hall–Kier alpha value is -0.570. The zero-order chi connectivity index (χ0) is 9.56. The molecule has 0 amide bonds. The van der Waals surface area contributed by atoms with Crippen LogP contribution in [-0.4, -0.2) is 18.6 Å². The van der Waals surface area contributed by atoms with Gasteiger partial charge in [-0.3, -0.25) is 4.79 Å². The van der Waals surface area contributed by atoms with Gasteiger partial charge in [-0.1, -0.05) is 13.8 Å². The van der Waals surface area contributed by atoms with Crippen molar-refractivity contribution in [3.63, 3.8) is 0 Å². The summed E-state index contributed by atoms with van der Waals surface area (Å²) in [7, 11) is 0. The fraction of sp³-hybridized carbons (Fsp3) is 0.889. The second-order valence-corrected chi connectivity index (χ2v) is 3.06. The van der Waals surface area contributed by atoms with Crippen molar-refractivity contribution >= 4 is 5.97 Å². The lowest BCUT2D eigenvalue weighted by atomic mass is 10.0. The van der Waals surface area contributed by atoms with E-state index < -0.39 is 0 Å². The van der Waals surface area contributed by atoms with E-state index in [0.717, 1.165) is 12.8 Å². The Labute approximate surface area is 74.3 Å². The van der Waals surface area contributed by atoms with Crippen LogP contribution in [0.15, 0.2) is 0 Å². The van der Waals surface area contributed by atoms with Gasteiger partial charge in [-0.15, -0.1) is 0 Å². The summed E-state index contributed by atoms with van der Waals surface area (Å²) in [6, 6.07) is 0.115. The Morgan fingerprint density at radius 3 is 2.50 bits per heavy atom. The highest BCUT2D eigenvalue weighted by molar-refractivity contribution is 5.71. The second-order valence-electron chi connectivity index (χ2n) is 3.06. The maximum Gasteiger partial charge on any atom is 0.308 e. The molecular formula is C9H19NO2. The Balaban J connectivity index is 3.70. The molecule has 2 N–H and O–H groups in total. The predicted molar refractivity (Wildman–Crippen MR) is 48.7 cm³/mol. The maximum absolute atomic E-state index is 11.1. The van der Waals surface area contributed by atoms with Gasteiger partial charge in [-0.25, -0.2) is 0 Å². The first kappa shape index (κ1) is 11.4. The number of hydrogen-bond donors (Lipinski definition) is 1. The van der Waals surface area contributed by atoms with E-state index in [-0.39, 0.29) is 17.9 Å². The number of carbonyl (C=O) groups excluding carboxylic acids is 1. The molecule has 12 heavy (non-hydrogen) atoms. The molecule has 0 heterocycles. The van der Waals surface area contributed by atoms with Crippen molar-refractivity contribution in [2.24, 2.45) is 11.7 Å². The van der Waals surface area contributed by atoms with Gasteiger partial charge in [-0.05, 0) is 19.8 Å². The van der Waals surface area contributed by atoms with Gasteiger partial charge in [0.05, 0.1) is 12.5 Å². The van der Waals surface area contributed by atoms with Gasteiger partial charge in [0.25, 0.3) is 0 Å². The van der Waals surface area contributed by atoms with Crippen LogP contribution in [0.1, 0.15) is 33.6 Å². The normalized spacial score (nSPS) is 15.3. The smallest absolute Gasteiger partial charge is 0.308 e. The molecule has 0 aliphatic rings. The number of hydrogen-bond acceptors (Lipinski definition) is 3. The fourth-order valence-electron chi connectivity index (χ4n) is 1.00. The van der Waals surface area contributed by atoms with Crippen molar-refractivity contribution in [3.05, 3.63) is 0 Å². The summed E-state index contributed by atoms with van der Waals surface area (Å²) in [4.78, 5) is 11.1. The second kappa shape index (κ2) is 6.00. The summed E-state index contributed by atoms with van der Waals surface area (Å²) in [5.74, 6) is -0.207. The average molecular weight is 173 g/mol. The minimum absolute atomic E-state index is 0.0695. The molecule has 0 aromatic rings. The van der Waals surface area contributed by atoms with Crippen molar-refractivity contribution in [2.45, 2.75) is 39.7 Å². The van der Waals surface area contributed by atoms with E-state index in [2.05, 4.69) is 0 Å². The molecule has 0 aliphatic carbocycles. The summed E-state index contributed by atoms with van der Waals surface area (Å²) in [6.45, 7) is 6.13. The number of ether oxygens (including phenoxy) is 1. The van der Waals surface area contributed by atoms with Crippen LogP contribution in [0.2, 0.25) is 0 Å². The number of esters is 1. The van der Waals surface area contributed by atoms with Crippen LogP contribution in [0.3, 0.4) is 0 Å². The molecule has 0 unspecified atom stereocenters. The molecule has 3 heteroatoms. The van der Waals surface area contributed by atoms with Crippen molar-refractivity contribution in [3.8, 4) is 0 Å². The molecule has 72 valence electrons. The van der Waals surface area contributed by atoms with Crippen molar-refractivity contribution < 1.29 is 9.53 Å². The Kier molecular flexibility index (Phi) is 5.72. The number of carbonyl (C=O) groups is 1. The molecule has 0 fully saturated rings. The highest BCUT2D eigenvalue weighted by Gasteiger charge is 2.16. The largest absolute Gasteiger partial charge is 0.466 e. The minimum Gasteiger partial charge on any atom is -0.466 e. The first-order valence-electron chi connectivity index (χ1n) is 4.54. The molecule has 0 aromatic carbocycles. The van der Waals surface area contributed by atoms with Crippen LogP contribution < -0.4 is 5.73 Å². The van der Waals surface area contributed by atoms with E-state index in [1.54, 1.807) is 0 Å². The van der Waals surface area contributed by atoms with Gasteiger partial charge in [0.15, 0.2) is 0 Å². The molecule has 0 aliphatic heterocycles. The lowest BCUT2D eigenvalue weighted by Gasteiger charge is -2.14. The van der Waals surface area contributed by atoms with E-state index in [9.17, 15) is 4.79 Å². The molecule has 0 aromatic heterocycles. The van der Waals surface area contributed by atoms with Gasteiger partial charge in [-0.2, -0.15) is 0 Å². The minimum atomic E-state index is -0.138. The highest BCUT2D eigenvalue weighted by atomic mass is 16.5. The van der Waals surface area contributed by atoms with Gasteiger partial charge < -0.3 is 10.5 Å².